The van der Waals surface area contributed by atoms with Gasteiger partial charge in [0.2, 0.25) is 0 Å². The Kier molecular flexibility index (Phi) is 5.01. The van der Waals surface area contributed by atoms with Gasteiger partial charge in [-0.2, -0.15) is 5.10 Å². The Morgan fingerprint density at radius 3 is 2.92 bits per heavy atom. The quantitative estimate of drug-likeness (QED) is 0.885. The molecule has 1 aromatic heterocycles. The molecule has 0 amide bonds. The summed E-state index contributed by atoms with van der Waals surface area (Å²) in [6, 6.07) is 6.53. The number of aryl methyl sites for hydroxylation is 1. The molecule has 1 aliphatic carbocycles. The van der Waals surface area contributed by atoms with Crippen molar-refractivity contribution in [2.75, 3.05) is 6.54 Å². The smallest absolute Gasteiger partial charge is 0.123 e. The summed E-state index contributed by atoms with van der Waals surface area (Å²) in [6.45, 7) is 2.82. The van der Waals surface area contributed by atoms with Gasteiger partial charge in [-0.05, 0) is 30.5 Å². The van der Waals surface area contributed by atoms with Crippen molar-refractivity contribution in [3.05, 3.63) is 53.6 Å². The fourth-order valence-electron chi connectivity index (χ4n) is 3.63. The standard InChI is InChI=1S/C19H26FN3O/c1-19(9-4-3-8-17(19)24)13-21-18(15-11-22-23(2)12-15)14-6-5-7-16(20)10-14/h5-7,10-12,17-18,21,24H,3-4,8-9,13H2,1-2H3. The van der Waals surface area contributed by atoms with Crippen molar-refractivity contribution in [3.8, 4) is 0 Å². The topological polar surface area (TPSA) is 50.1 Å². The van der Waals surface area contributed by atoms with Crippen LogP contribution in [0.15, 0.2) is 36.7 Å². The van der Waals surface area contributed by atoms with Gasteiger partial charge in [0.1, 0.15) is 5.82 Å². The van der Waals surface area contributed by atoms with Gasteiger partial charge in [-0.3, -0.25) is 4.68 Å². The summed E-state index contributed by atoms with van der Waals surface area (Å²) in [5, 5.41) is 18.2. The minimum Gasteiger partial charge on any atom is -0.393 e. The maximum atomic E-state index is 13.7. The first-order chi connectivity index (χ1) is 11.5. The van der Waals surface area contributed by atoms with Crippen molar-refractivity contribution < 1.29 is 9.50 Å². The van der Waals surface area contributed by atoms with Gasteiger partial charge in [0.05, 0.1) is 18.3 Å². The van der Waals surface area contributed by atoms with Crippen LogP contribution < -0.4 is 5.32 Å². The highest BCUT2D eigenvalue weighted by molar-refractivity contribution is 5.29. The average Bonchev–Trinajstić information content (AvgIpc) is 2.97. The van der Waals surface area contributed by atoms with Crippen LogP contribution in [0, 0.1) is 11.2 Å². The SMILES string of the molecule is Cn1cc(C(NCC2(C)CCCCC2O)c2cccc(F)c2)cn1. The predicted octanol–water partition coefficient (Wildman–Crippen LogP) is 3.18. The first-order valence-corrected chi connectivity index (χ1v) is 8.63. The maximum Gasteiger partial charge on any atom is 0.123 e. The molecular formula is C19H26FN3O. The third kappa shape index (κ3) is 3.68. The van der Waals surface area contributed by atoms with E-state index in [0.29, 0.717) is 6.54 Å². The molecule has 0 bridgehead atoms. The summed E-state index contributed by atoms with van der Waals surface area (Å²) in [5.41, 5.74) is 1.72. The van der Waals surface area contributed by atoms with Crippen molar-refractivity contribution in [3.63, 3.8) is 0 Å². The van der Waals surface area contributed by atoms with Gasteiger partial charge in [0.25, 0.3) is 0 Å². The van der Waals surface area contributed by atoms with Crippen LogP contribution in [0.4, 0.5) is 4.39 Å². The lowest BCUT2D eigenvalue weighted by molar-refractivity contribution is 0.000312. The van der Waals surface area contributed by atoms with Crippen molar-refractivity contribution in [2.45, 2.75) is 44.8 Å². The molecule has 0 radical (unpaired) electrons. The minimum absolute atomic E-state index is 0.139. The van der Waals surface area contributed by atoms with Crippen LogP contribution >= 0.6 is 0 Å². The Morgan fingerprint density at radius 1 is 1.42 bits per heavy atom. The second kappa shape index (κ2) is 7.03. The Balaban J connectivity index is 1.83. The van der Waals surface area contributed by atoms with Crippen molar-refractivity contribution in [1.29, 1.82) is 0 Å². The first-order valence-electron chi connectivity index (χ1n) is 8.63. The minimum atomic E-state index is -0.291. The summed E-state index contributed by atoms with van der Waals surface area (Å²) >= 11 is 0. The second-order valence-corrected chi connectivity index (χ2v) is 7.23. The first kappa shape index (κ1) is 17.1. The van der Waals surface area contributed by atoms with E-state index in [1.165, 1.54) is 6.07 Å². The Labute approximate surface area is 142 Å². The van der Waals surface area contributed by atoms with Crippen LogP contribution in [0.1, 0.15) is 49.8 Å². The third-order valence-electron chi connectivity index (χ3n) is 5.23. The molecule has 3 unspecified atom stereocenters. The van der Waals surface area contributed by atoms with Gasteiger partial charge >= 0.3 is 0 Å². The number of nitrogens with one attached hydrogen (secondary N) is 1. The number of hydrogen-bond acceptors (Lipinski definition) is 3. The number of aliphatic hydroxyl groups excluding tert-OH is 1. The zero-order chi connectivity index (χ0) is 17.2. The molecule has 130 valence electrons. The van der Waals surface area contributed by atoms with Crippen molar-refractivity contribution in [1.82, 2.24) is 15.1 Å². The van der Waals surface area contributed by atoms with Gasteiger partial charge in [-0.25, -0.2) is 4.39 Å². The molecule has 0 saturated heterocycles. The summed E-state index contributed by atoms with van der Waals surface area (Å²) in [7, 11) is 1.87. The van der Waals surface area contributed by atoms with E-state index < -0.39 is 0 Å². The number of halogens is 1. The van der Waals surface area contributed by atoms with Crippen molar-refractivity contribution >= 4 is 0 Å². The lowest BCUT2D eigenvalue weighted by Gasteiger charge is -2.39. The fourth-order valence-corrected chi connectivity index (χ4v) is 3.63. The number of benzene rings is 1. The van der Waals surface area contributed by atoms with Gasteiger partial charge < -0.3 is 10.4 Å². The molecular weight excluding hydrogens is 305 g/mol. The Hall–Kier alpha value is -1.72. The van der Waals surface area contributed by atoms with E-state index in [0.717, 1.165) is 36.8 Å². The van der Waals surface area contributed by atoms with Crippen LogP contribution in [0.2, 0.25) is 0 Å². The molecule has 4 nitrogen and oxygen atoms in total. The van der Waals surface area contributed by atoms with Crippen LogP contribution in [-0.2, 0) is 7.05 Å². The molecule has 3 rings (SSSR count). The molecule has 0 spiro atoms. The molecule has 1 saturated carbocycles. The van der Waals surface area contributed by atoms with Crippen LogP contribution in [0.25, 0.3) is 0 Å². The average molecular weight is 331 g/mol. The predicted molar refractivity (Wildman–Crippen MR) is 92.0 cm³/mol. The molecule has 24 heavy (non-hydrogen) atoms. The highest BCUT2D eigenvalue weighted by atomic mass is 19.1. The molecule has 1 heterocycles. The highest BCUT2D eigenvalue weighted by Gasteiger charge is 2.35. The molecule has 5 heteroatoms. The molecule has 0 aliphatic heterocycles. The van der Waals surface area contributed by atoms with Crippen LogP contribution in [-0.4, -0.2) is 27.5 Å². The van der Waals surface area contributed by atoms with Gasteiger partial charge in [0.15, 0.2) is 0 Å². The van der Waals surface area contributed by atoms with Gasteiger partial charge in [0, 0.05) is 30.8 Å². The lowest BCUT2D eigenvalue weighted by atomic mass is 9.73. The van der Waals surface area contributed by atoms with Gasteiger partial charge in [-0.15, -0.1) is 0 Å². The molecule has 1 fully saturated rings. The monoisotopic (exact) mass is 331 g/mol. The zero-order valence-electron chi connectivity index (χ0n) is 14.4. The number of aliphatic hydroxyl groups is 1. The van der Waals surface area contributed by atoms with E-state index in [2.05, 4.69) is 17.3 Å². The maximum absolute atomic E-state index is 13.7. The van der Waals surface area contributed by atoms with E-state index in [-0.39, 0.29) is 23.4 Å². The molecule has 2 N–H and O–H groups in total. The normalized spacial score (nSPS) is 25.6. The Morgan fingerprint density at radius 2 is 2.25 bits per heavy atom. The van der Waals surface area contributed by atoms with E-state index >= 15 is 0 Å². The number of nitrogens with zero attached hydrogens (tertiary/aromatic N) is 2. The van der Waals surface area contributed by atoms with Gasteiger partial charge in [-0.1, -0.05) is 31.9 Å². The third-order valence-corrected chi connectivity index (χ3v) is 5.23. The molecule has 3 atom stereocenters. The highest BCUT2D eigenvalue weighted by Crippen LogP contribution is 2.36. The van der Waals surface area contributed by atoms with E-state index in [9.17, 15) is 9.50 Å². The largest absolute Gasteiger partial charge is 0.393 e. The summed E-state index contributed by atoms with van der Waals surface area (Å²) < 4.78 is 15.4. The summed E-state index contributed by atoms with van der Waals surface area (Å²) in [6.07, 6.45) is 7.56. The zero-order valence-corrected chi connectivity index (χ0v) is 14.4. The second-order valence-electron chi connectivity index (χ2n) is 7.23. The van der Waals surface area contributed by atoms with Crippen molar-refractivity contribution in [2.24, 2.45) is 12.5 Å². The number of rotatable bonds is 5. The lowest BCUT2D eigenvalue weighted by Crippen LogP contribution is -2.44. The molecule has 1 aromatic carbocycles. The molecule has 1 aliphatic rings. The number of hydrogen-bond donors (Lipinski definition) is 2. The summed E-state index contributed by atoms with van der Waals surface area (Å²) in [4.78, 5) is 0. The fraction of sp³-hybridized carbons (Fsp3) is 0.526. The van der Waals surface area contributed by atoms with E-state index in [4.69, 9.17) is 0 Å². The van der Waals surface area contributed by atoms with E-state index in [1.54, 1.807) is 16.8 Å². The van der Waals surface area contributed by atoms with E-state index in [1.807, 2.05) is 25.5 Å². The number of aromatic nitrogens is 2. The van der Waals surface area contributed by atoms with Crippen LogP contribution in [0.3, 0.4) is 0 Å². The van der Waals surface area contributed by atoms with Crippen LogP contribution in [0.5, 0.6) is 0 Å². The molecule has 2 aromatic rings. The summed E-state index contributed by atoms with van der Waals surface area (Å²) in [5.74, 6) is -0.243. The Bertz CT molecular complexity index is 687.